The molecule has 0 aliphatic heterocycles. The van der Waals surface area contributed by atoms with Crippen LogP contribution in [0.2, 0.25) is 0 Å². The Bertz CT molecular complexity index is 321. The second-order valence-electron chi connectivity index (χ2n) is 4.84. The highest BCUT2D eigenvalue weighted by Gasteiger charge is 2.03. The first-order valence-electron chi connectivity index (χ1n) is 7.15. The highest BCUT2D eigenvalue weighted by Crippen LogP contribution is 2.12. The molecule has 0 unspecified atom stereocenters. The monoisotopic (exact) mass is 266 g/mol. The van der Waals surface area contributed by atoms with Crippen molar-refractivity contribution in [3.63, 3.8) is 0 Å². The maximum Gasteiger partial charge on any atom is 0.118 e. The van der Waals surface area contributed by atoms with Crippen LogP contribution in [-0.4, -0.2) is 24.9 Å². The number of hydrogen-bond acceptors (Lipinski definition) is 3. The molecule has 0 aliphatic carbocycles. The average Bonchev–Trinajstić information content (AvgIpc) is 2.44. The van der Waals surface area contributed by atoms with Gasteiger partial charge in [-0.2, -0.15) is 0 Å². The zero-order valence-corrected chi connectivity index (χ0v) is 12.1. The molecule has 0 heterocycles. The molecule has 1 rings (SSSR count). The van der Waals surface area contributed by atoms with Crippen molar-refractivity contribution in [2.75, 3.05) is 13.7 Å². The van der Waals surface area contributed by atoms with Gasteiger partial charge in [0.1, 0.15) is 5.75 Å². The van der Waals surface area contributed by atoms with Gasteiger partial charge >= 0.3 is 0 Å². The van der Waals surface area contributed by atoms with Gasteiger partial charge < -0.3 is 14.6 Å². The van der Waals surface area contributed by atoms with E-state index in [9.17, 15) is 5.11 Å². The van der Waals surface area contributed by atoms with E-state index in [0.717, 1.165) is 30.6 Å². The van der Waals surface area contributed by atoms with Gasteiger partial charge in [0.15, 0.2) is 0 Å². The van der Waals surface area contributed by atoms with Gasteiger partial charge in [-0.25, -0.2) is 0 Å². The van der Waals surface area contributed by atoms with E-state index in [1.807, 2.05) is 24.3 Å². The van der Waals surface area contributed by atoms with Crippen molar-refractivity contribution in [1.82, 2.24) is 0 Å². The van der Waals surface area contributed by atoms with Gasteiger partial charge in [-0.3, -0.25) is 0 Å². The van der Waals surface area contributed by atoms with Crippen molar-refractivity contribution in [3.8, 4) is 5.75 Å². The largest absolute Gasteiger partial charge is 0.497 e. The maximum absolute atomic E-state index is 9.74. The van der Waals surface area contributed by atoms with E-state index < -0.39 is 0 Å². The third kappa shape index (κ3) is 7.19. The fraction of sp³-hybridized carbons (Fsp3) is 0.625. The predicted octanol–water partition coefficient (Wildman–Crippen LogP) is 3.54. The molecule has 0 amide bonds. The molecule has 0 saturated heterocycles. The van der Waals surface area contributed by atoms with Gasteiger partial charge in [0, 0.05) is 6.61 Å². The summed E-state index contributed by atoms with van der Waals surface area (Å²) in [4.78, 5) is 0. The lowest BCUT2D eigenvalue weighted by Gasteiger charge is -2.10. The molecule has 1 aromatic carbocycles. The number of unbranched alkanes of at least 4 members (excludes halogenated alkanes) is 2. The summed E-state index contributed by atoms with van der Waals surface area (Å²) in [6, 6.07) is 7.85. The summed E-state index contributed by atoms with van der Waals surface area (Å²) < 4.78 is 10.7. The van der Waals surface area contributed by atoms with Crippen molar-refractivity contribution in [2.45, 2.75) is 51.7 Å². The van der Waals surface area contributed by atoms with Crippen LogP contribution in [0.3, 0.4) is 0 Å². The SMILES string of the molecule is CCCCC[C@H](O)CCOCc1ccc(OC)cc1. The van der Waals surface area contributed by atoms with Gasteiger partial charge in [-0.15, -0.1) is 0 Å². The summed E-state index contributed by atoms with van der Waals surface area (Å²) in [5.41, 5.74) is 1.13. The first-order chi connectivity index (χ1) is 9.26. The van der Waals surface area contributed by atoms with E-state index in [4.69, 9.17) is 9.47 Å². The summed E-state index contributed by atoms with van der Waals surface area (Å²) in [5.74, 6) is 0.857. The molecule has 0 fully saturated rings. The number of benzene rings is 1. The summed E-state index contributed by atoms with van der Waals surface area (Å²) >= 11 is 0. The molecule has 3 heteroatoms. The van der Waals surface area contributed by atoms with Gasteiger partial charge in [0.05, 0.1) is 19.8 Å². The zero-order chi connectivity index (χ0) is 13.9. The van der Waals surface area contributed by atoms with E-state index in [0.29, 0.717) is 13.2 Å². The summed E-state index contributed by atoms with van der Waals surface area (Å²) in [6.07, 6.45) is 4.89. The number of ether oxygens (including phenoxy) is 2. The second kappa shape index (κ2) is 9.82. The van der Waals surface area contributed by atoms with E-state index in [-0.39, 0.29) is 6.10 Å². The number of rotatable bonds is 10. The lowest BCUT2D eigenvalue weighted by Crippen LogP contribution is -2.10. The molecule has 0 aromatic heterocycles. The minimum Gasteiger partial charge on any atom is -0.497 e. The van der Waals surface area contributed by atoms with E-state index in [1.54, 1.807) is 7.11 Å². The van der Waals surface area contributed by atoms with Crippen LogP contribution in [0, 0.1) is 0 Å². The minimum atomic E-state index is -0.220. The standard InChI is InChI=1S/C16H26O3/c1-3-4-5-6-15(17)11-12-19-13-14-7-9-16(18-2)10-8-14/h7-10,15,17H,3-6,11-13H2,1-2H3/t15-/m0/s1. The molecule has 1 atom stereocenters. The van der Waals surface area contributed by atoms with Crippen LogP contribution < -0.4 is 4.74 Å². The Hall–Kier alpha value is -1.06. The van der Waals surface area contributed by atoms with Crippen molar-refractivity contribution in [3.05, 3.63) is 29.8 Å². The lowest BCUT2D eigenvalue weighted by molar-refractivity contribution is 0.0690. The number of aliphatic hydroxyl groups excluding tert-OH is 1. The van der Waals surface area contributed by atoms with Crippen molar-refractivity contribution < 1.29 is 14.6 Å². The first-order valence-corrected chi connectivity index (χ1v) is 7.15. The molecule has 0 aliphatic rings. The molecule has 19 heavy (non-hydrogen) atoms. The Balaban J connectivity index is 2.09. The third-order valence-corrected chi connectivity index (χ3v) is 3.16. The third-order valence-electron chi connectivity index (χ3n) is 3.16. The van der Waals surface area contributed by atoms with Crippen LogP contribution in [0.15, 0.2) is 24.3 Å². The minimum absolute atomic E-state index is 0.220. The van der Waals surface area contributed by atoms with E-state index >= 15 is 0 Å². The Morgan fingerprint density at radius 2 is 1.84 bits per heavy atom. The van der Waals surface area contributed by atoms with Crippen LogP contribution in [0.4, 0.5) is 0 Å². The molecule has 3 nitrogen and oxygen atoms in total. The Morgan fingerprint density at radius 1 is 1.11 bits per heavy atom. The smallest absolute Gasteiger partial charge is 0.118 e. The van der Waals surface area contributed by atoms with Gasteiger partial charge in [-0.1, -0.05) is 38.3 Å². The average molecular weight is 266 g/mol. The number of hydrogen-bond donors (Lipinski definition) is 1. The molecule has 1 N–H and O–H groups in total. The summed E-state index contributed by atoms with van der Waals surface area (Å²) in [5, 5.41) is 9.74. The molecular weight excluding hydrogens is 240 g/mol. The fourth-order valence-electron chi connectivity index (χ4n) is 1.91. The molecular formula is C16H26O3. The molecule has 0 saturated carbocycles. The maximum atomic E-state index is 9.74. The van der Waals surface area contributed by atoms with Crippen molar-refractivity contribution in [2.24, 2.45) is 0 Å². The highest BCUT2D eigenvalue weighted by molar-refractivity contribution is 5.26. The van der Waals surface area contributed by atoms with Crippen LogP contribution in [0.25, 0.3) is 0 Å². The zero-order valence-electron chi connectivity index (χ0n) is 12.1. The van der Waals surface area contributed by atoms with Gasteiger partial charge in [-0.05, 0) is 30.5 Å². The van der Waals surface area contributed by atoms with Crippen LogP contribution in [0.1, 0.15) is 44.6 Å². The highest BCUT2D eigenvalue weighted by atomic mass is 16.5. The number of methoxy groups -OCH3 is 1. The fourth-order valence-corrected chi connectivity index (χ4v) is 1.91. The Morgan fingerprint density at radius 3 is 2.47 bits per heavy atom. The molecule has 0 spiro atoms. The number of aliphatic hydroxyl groups is 1. The van der Waals surface area contributed by atoms with Crippen LogP contribution in [-0.2, 0) is 11.3 Å². The predicted molar refractivity (Wildman–Crippen MR) is 77.4 cm³/mol. The van der Waals surface area contributed by atoms with Gasteiger partial charge in [0.2, 0.25) is 0 Å². The molecule has 0 radical (unpaired) electrons. The van der Waals surface area contributed by atoms with E-state index in [1.165, 1.54) is 12.8 Å². The van der Waals surface area contributed by atoms with Crippen molar-refractivity contribution in [1.29, 1.82) is 0 Å². The quantitative estimate of drug-likeness (QED) is 0.658. The first kappa shape index (κ1) is 16.0. The van der Waals surface area contributed by atoms with E-state index in [2.05, 4.69) is 6.92 Å². The summed E-state index contributed by atoms with van der Waals surface area (Å²) in [6.45, 7) is 3.37. The van der Waals surface area contributed by atoms with Crippen LogP contribution in [0.5, 0.6) is 5.75 Å². The topological polar surface area (TPSA) is 38.7 Å². The Kier molecular flexibility index (Phi) is 8.26. The molecule has 0 bridgehead atoms. The van der Waals surface area contributed by atoms with Crippen molar-refractivity contribution >= 4 is 0 Å². The molecule has 108 valence electrons. The van der Waals surface area contributed by atoms with Crippen LogP contribution >= 0.6 is 0 Å². The second-order valence-corrected chi connectivity index (χ2v) is 4.84. The normalized spacial score (nSPS) is 12.4. The van der Waals surface area contributed by atoms with Gasteiger partial charge in [0.25, 0.3) is 0 Å². The summed E-state index contributed by atoms with van der Waals surface area (Å²) in [7, 11) is 1.66. The molecule has 1 aromatic rings. The lowest BCUT2D eigenvalue weighted by atomic mass is 10.1. The Labute approximate surface area is 116 Å².